The molecule has 2 aromatic carbocycles. The van der Waals surface area contributed by atoms with Crippen LogP contribution in [-0.4, -0.2) is 7.11 Å². The van der Waals surface area contributed by atoms with E-state index >= 15 is 0 Å². The molecule has 2 rings (SSSR count). The minimum atomic E-state index is -0.588. The van der Waals surface area contributed by atoms with Gasteiger partial charge in [-0.2, -0.15) is 10.5 Å². The molecule has 0 aliphatic rings. The lowest BCUT2D eigenvalue weighted by atomic mass is 10.1. The smallest absolute Gasteiger partial charge is 0.166 e. The van der Waals surface area contributed by atoms with Crippen LogP contribution in [0.3, 0.4) is 0 Å². The molecule has 0 aliphatic carbocycles. The van der Waals surface area contributed by atoms with E-state index in [1.54, 1.807) is 18.2 Å². The number of halogens is 1. The fourth-order valence-corrected chi connectivity index (χ4v) is 1.77. The number of nitriles is 2. The summed E-state index contributed by atoms with van der Waals surface area (Å²) in [5.41, 5.74) is 1.40. The van der Waals surface area contributed by atoms with E-state index in [4.69, 9.17) is 20.0 Å². The maximum atomic E-state index is 13.7. The molecule has 0 fully saturated rings. The number of hydrogen-bond donors (Lipinski definition) is 0. The van der Waals surface area contributed by atoms with Crippen molar-refractivity contribution in [2.75, 3.05) is 7.11 Å². The van der Waals surface area contributed by atoms with Crippen molar-refractivity contribution in [1.82, 2.24) is 0 Å². The van der Waals surface area contributed by atoms with Crippen LogP contribution >= 0.6 is 0 Å². The molecular weight excluding hydrogens is 271 g/mol. The number of nitrogens with zero attached hydrogens (tertiary/aromatic N) is 2. The minimum absolute atomic E-state index is 0.0670. The highest BCUT2D eigenvalue weighted by Gasteiger charge is 2.07. The maximum Gasteiger partial charge on any atom is 0.166 e. The molecule has 0 bridgehead atoms. The van der Waals surface area contributed by atoms with Crippen LogP contribution in [0.4, 0.5) is 4.39 Å². The van der Waals surface area contributed by atoms with E-state index in [1.165, 1.54) is 19.2 Å². The number of benzene rings is 2. The molecule has 0 aliphatic heterocycles. The average Bonchev–Trinajstić information content (AvgIpc) is 2.53. The number of methoxy groups -OCH3 is 1. The number of rotatable bonds is 4. The van der Waals surface area contributed by atoms with Crippen molar-refractivity contribution >= 4 is 0 Å². The Hall–Kier alpha value is -3.05. The third-order valence-corrected chi connectivity index (χ3v) is 2.84. The molecule has 0 saturated heterocycles. The summed E-state index contributed by atoms with van der Waals surface area (Å²) in [6.45, 7) is 0.130. The third kappa shape index (κ3) is 3.29. The summed E-state index contributed by atoms with van der Waals surface area (Å²) in [6, 6.07) is 12.9. The van der Waals surface area contributed by atoms with Crippen molar-refractivity contribution in [3.8, 4) is 23.6 Å². The molecule has 0 saturated carbocycles. The zero-order valence-electron chi connectivity index (χ0n) is 11.3. The normalized spacial score (nSPS) is 9.52. The first-order valence-corrected chi connectivity index (χ1v) is 6.07. The van der Waals surface area contributed by atoms with E-state index in [1.807, 2.05) is 12.1 Å². The number of hydrogen-bond acceptors (Lipinski definition) is 4. The van der Waals surface area contributed by atoms with Gasteiger partial charge in [-0.05, 0) is 35.9 Å². The molecule has 0 N–H and O–H groups in total. The van der Waals surface area contributed by atoms with Crippen LogP contribution in [0.2, 0.25) is 0 Å². The van der Waals surface area contributed by atoms with Crippen LogP contribution < -0.4 is 9.47 Å². The summed E-state index contributed by atoms with van der Waals surface area (Å²) in [6.07, 6.45) is 0. The molecule has 0 radical (unpaired) electrons. The van der Waals surface area contributed by atoms with Crippen molar-refractivity contribution in [3.05, 3.63) is 58.9 Å². The van der Waals surface area contributed by atoms with Crippen LogP contribution in [0.25, 0.3) is 0 Å². The Morgan fingerprint density at radius 3 is 2.48 bits per heavy atom. The van der Waals surface area contributed by atoms with Gasteiger partial charge in [-0.1, -0.05) is 6.07 Å². The summed E-state index contributed by atoms with van der Waals surface area (Å²) >= 11 is 0. The lowest BCUT2D eigenvalue weighted by molar-refractivity contribution is 0.289. The van der Waals surface area contributed by atoms with Crippen LogP contribution in [0.15, 0.2) is 36.4 Å². The van der Waals surface area contributed by atoms with Gasteiger partial charge >= 0.3 is 0 Å². The van der Waals surface area contributed by atoms with Gasteiger partial charge in [0, 0.05) is 0 Å². The lowest BCUT2D eigenvalue weighted by Gasteiger charge is -2.09. The van der Waals surface area contributed by atoms with Crippen molar-refractivity contribution in [3.63, 3.8) is 0 Å². The Labute approximate surface area is 121 Å². The van der Waals surface area contributed by atoms with Crippen LogP contribution in [0, 0.1) is 28.5 Å². The van der Waals surface area contributed by atoms with Crippen LogP contribution in [0.5, 0.6) is 11.5 Å². The van der Waals surface area contributed by atoms with E-state index in [-0.39, 0.29) is 17.9 Å². The Balaban J connectivity index is 2.14. The summed E-state index contributed by atoms with van der Waals surface area (Å²) < 4.78 is 24.1. The standard InChI is InChI=1S/C16H11FN2O2/c1-20-16-7-12(2-4-13(16)9-19)10-21-15-5-3-11(8-18)6-14(15)17/h2-7H,10H2,1H3. The highest BCUT2D eigenvalue weighted by atomic mass is 19.1. The fourth-order valence-electron chi connectivity index (χ4n) is 1.77. The van der Waals surface area contributed by atoms with Crippen molar-refractivity contribution in [2.24, 2.45) is 0 Å². The van der Waals surface area contributed by atoms with Crippen LogP contribution in [0.1, 0.15) is 16.7 Å². The quantitative estimate of drug-likeness (QED) is 0.864. The second-order valence-corrected chi connectivity index (χ2v) is 4.19. The molecule has 104 valence electrons. The fraction of sp³-hybridized carbons (Fsp3) is 0.125. The molecule has 4 nitrogen and oxygen atoms in total. The summed E-state index contributed by atoms with van der Waals surface area (Å²) in [5, 5.41) is 17.6. The van der Waals surface area contributed by atoms with E-state index < -0.39 is 5.82 Å². The SMILES string of the molecule is COc1cc(COc2ccc(C#N)cc2F)ccc1C#N. The molecule has 0 spiro atoms. The maximum absolute atomic E-state index is 13.7. The van der Waals surface area contributed by atoms with Gasteiger partial charge in [0.1, 0.15) is 18.4 Å². The highest BCUT2D eigenvalue weighted by Crippen LogP contribution is 2.22. The van der Waals surface area contributed by atoms with Gasteiger partial charge in [0.15, 0.2) is 11.6 Å². The molecule has 21 heavy (non-hydrogen) atoms. The Bertz CT molecular complexity index is 745. The second-order valence-electron chi connectivity index (χ2n) is 4.19. The Kier molecular flexibility index (Phi) is 4.38. The second kappa shape index (κ2) is 6.40. The molecule has 2 aromatic rings. The van der Waals surface area contributed by atoms with Crippen molar-refractivity contribution in [2.45, 2.75) is 6.61 Å². The van der Waals surface area contributed by atoms with Crippen LogP contribution in [-0.2, 0) is 6.61 Å². The van der Waals surface area contributed by atoms with E-state index in [0.29, 0.717) is 11.3 Å². The first kappa shape index (κ1) is 14.4. The Morgan fingerprint density at radius 1 is 1.05 bits per heavy atom. The first-order chi connectivity index (χ1) is 10.2. The third-order valence-electron chi connectivity index (χ3n) is 2.84. The molecule has 0 aromatic heterocycles. The highest BCUT2D eigenvalue weighted by molar-refractivity contribution is 5.45. The van der Waals surface area contributed by atoms with E-state index in [0.717, 1.165) is 11.6 Å². The molecule has 5 heteroatoms. The predicted molar refractivity (Wildman–Crippen MR) is 73.2 cm³/mol. The van der Waals surface area contributed by atoms with Gasteiger partial charge in [0.2, 0.25) is 0 Å². The summed E-state index contributed by atoms with van der Waals surface area (Å²) in [7, 11) is 1.47. The first-order valence-electron chi connectivity index (χ1n) is 6.07. The lowest BCUT2D eigenvalue weighted by Crippen LogP contribution is -1.99. The van der Waals surface area contributed by atoms with E-state index in [2.05, 4.69) is 0 Å². The molecule has 0 amide bonds. The summed E-state index contributed by atoms with van der Waals surface area (Å²) in [4.78, 5) is 0. The van der Waals surface area contributed by atoms with E-state index in [9.17, 15) is 4.39 Å². The Morgan fingerprint density at radius 2 is 1.86 bits per heavy atom. The monoisotopic (exact) mass is 282 g/mol. The predicted octanol–water partition coefficient (Wildman–Crippen LogP) is 3.16. The molecule has 0 unspecified atom stereocenters. The van der Waals surface area contributed by atoms with Gasteiger partial charge in [-0.15, -0.1) is 0 Å². The van der Waals surface area contributed by atoms with Crippen molar-refractivity contribution in [1.29, 1.82) is 10.5 Å². The average molecular weight is 282 g/mol. The zero-order valence-corrected chi connectivity index (χ0v) is 11.3. The topological polar surface area (TPSA) is 66.0 Å². The van der Waals surface area contributed by atoms with Gasteiger partial charge < -0.3 is 9.47 Å². The molecule has 0 atom stereocenters. The molecular formula is C16H11FN2O2. The van der Waals surface area contributed by atoms with Gasteiger partial charge in [0.05, 0.1) is 24.3 Å². The molecule has 0 heterocycles. The van der Waals surface area contributed by atoms with Gasteiger partial charge in [-0.3, -0.25) is 0 Å². The van der Waals surface area contributed by atoms with Gasteiger partial charge in [0.25, 0.3) is 0 Å². The summed E-state index contributed by atoms with van der Waals surface area (Å²) in [5.74, 6) is -0.0779. The van der Waals surface area contributed by atoms with Crippen molar-refractivity contribution < 1.29 is 13.9 Å². The van der Waals surface area contributed by atoms with Gasteiger partial charge in [-0.25, -0.2) is 4.39 Å². The largest absolute Gasteiger partial charge is 0.495 e. The zero-order chi connectivity index (χ0) is 15.2. The number of ether oxygens (including phenoxy) is 2. The minimum Gasteiger partial charge on any atom is -0.495 e.